The first kappa shape index (κ1) is 20.0. The van der Waals surface area contributed by atoms with Crippen molar-refractivity contribution in [3.8, 4) is 0 Å². The lowest BCUT2D eigenvalue weighted by atomic mass is 10.0. The minimum atomic E-state index is -3.58. The molecule has 1 N–H and O–H groups in total. The summed E-state index contributed by atoms with van der Waals surface area (Å²) in [4.78, 5) is 17.3. The van der Waals surface area contributed by atoms with Gasteiger partial charge in [0.15, 0.2) is 11.4 Å². The van der Waals surface area contributed by atoms with Crippen LogP contribution in [0.4, 0.5) is 0 Å². The molecular formula is C23H21N3O3S. The summed E-state index contributed by atoms with van der Waals surface area (Å²) in [6, 6.07) is 13.9. The smallest absolute Gasteiger partial charge is 0.206 e. The van der Waals surface area contributed by atoms with E-state index in [1.54, 1.807) is 55.7 Å². The fraction of sp³-hybridized carbons (Fsp3) is 0.174. The molecule has 0 radical (unpaired) electrons. The Morgan fingerprint density at radius 3 is 2.53 bits per heavy atom. The molecule has 30 heavy (non-hydrogen) atoms. The lowest BCUT2D eigenvalue weighted by Gasteiger charge is -2.10. The van der Waals surface area contributed by atoms with Gasteiger partial charge in [0.05, 0.1) is 16.0 Å². The van der Waals surface area contributed by atoms with Gasteiger partial charge < -0.3 is 0 Å². The van der Waals surface area contributed by atoms with Crippen molar-refractivity contribution >= 4 is 26.7 Å². The van der Waals surface area contributed by atoms with Crippen molar-refractivity contribution in [2.24, 2.45) is 0 Å². The number of nitrogens with one attached hydrogen (secondary N) is 1. The first-order chi connectivity index (χ1) is 14.3. The van der Waals surface area contributed by atoms with E-state index in [0.717, 1.165) is 22.1 Å². The van der Waals surface area contributed by atoms with Crippen molar-refractivity contribution in [3.05, 3.63) is 83.2 Å². The van der Waals surface area contributed by atoms with E-state index in [-0.39, 0.29) is 10.7 Å². The van der Waals surface area contributed by atoms with E-state index in [1.165, 1.54) is 0 Å². The lowest BCUT2D eigenvalue weighted by molar-refractivity contribution is 0.0982. The third-order valence-corrected chi connectivity index (χ3v) is 7.03. The molecule has 0 fully saturated rings. The van der Waals surface area contributed by atoms with Gasteiger partial charge >= 0.3 is 0 Å². The number of sulfone groups is 1. The fourth-order valence-electron chi connectivity index (χ4n) is 3.35. The number of rotatable bonds is 6. The first-order valence-electron chi connectivity index (χ1n) is 9.58. The number of fused-ring (bicyclic) bond motifs is 1. The zero-order valence-corrected chi connectivity index (χ0v) is 17.5. The van der Waals surface area contributed by atoms with E-state index < -0.39 is 9.84 Å². The molecule has 7 heteroatoms. The van der Waals surface area contributed by atoms with Gasteiger partial charge in [0.1, 0.15) is 0 Å². The quantitative estimate of drug-likeness (QED) is 0.472. The molecule has 2 aromatic heterocycles. The van der Waals surface area contributed by atoms with Crippen LogP contribution in [0.15, 0.2) is 70.7 Å². The van der Waals surface area contributed by atoms with Gasteiger partial charge in [-0.15, -0.1) is 0 Å². The Balaban J connectivity index is 1.48. The molecule has 0 atom stereocenters. The van der Waals surface area contributed by atoms with E-state index in [2.05, 4.69) is 15.2 Å². The molecular weight excluding hydrogens is 398 g/mol. The average molecular weight is 420 g/mol. The summed E-state index contributed by atoms with van der Waals surface area (Å²) in [6.45, 7) is 3.67. The Labute approximate surface area is 174 Å². The predicted octanol–water partition coefficient (Wildman–Crippen LogP) is 4.22. The van der Waals surface area contributed by atoms with Crippen LogP contribution in [0.25, 0.3) is 11.0 Å². The maximum atomic E-state index is 13.0. The molecule has 0 aliphatic heterocycles. The number of benzene rings is 2. The van der Waals surface area contributed by atoms with Crippen LogP contribution in [0.2, 0.25) is 0 Å². The minimum absolute atomic E-state index is 0.0160. The van der Waals surface area contributed by atoms with E-state index in [9.17, 15) is 13.2 Å². The molecule has 0 aliphatic rings. The Kier molecular flexibility index (Phi) is 5.22. The number of pyridine rings is 1. The summed E-state index contributed by atoms with van der Waals surface area (Å²) in [5, 5.41) is 7.46. The Hall–Kier alpha value is -3.32. The van der Waals surface area contributed by atoms with Crippen LogP contribution >= 0.6 is 0 Å². The first-order valence-corrected chi connectivity index (χ1v) is 11.1. The van der Waals surface area contributed by atoms with Crippen LogP contribution in [0, 0.1) is 13.8 Å². The maximum absolute atomic E-state index is 13.0. The monoisotopic (exact) mass is 419 g/mol. The van der Waals surface area contributed by atoms with E-state index in [0.29, 0.717) is 28.9 Å². The minimum Gasteiger partial charge on any atom is -0.294 e. The van der Waals surface area contributed by atoms with Crippen molar-refractivity contribution in [2.45, 2.75) is 36.5 Å². The summed E-state index contributed by atoms with van der Waals surface area (Å²) >= 11 is 0. The van der Waals surface area contributed by atoms with E-state index in [4.69, 9.17) is 0 Å². The number of Topliss-reactive ketones (excluding diaryl/α,β-unsaturated/α-hetero) is 1. The van der Waals surface area contributed by atoms with E-state index >= 15 is 0 Å². The second kappa shape index (κ2) is 7.84. The van der Waals surface area contributed by atoms with E-state index in [1.807, 2.05) is 19.1 Å². The molecule has 2 heterocycles. The fourth-order valence-corrected chi connectivity index (χ4v) is 4.93. The van der Waals surface area contributed by atoms with Crippen LogP contribution in [-0.2, 0) is 16.3 Å². The van der Waals surface area contributed by atoms with Crippen molar-refractivity contribution in [1.82, 2.24) is 15.2 Å². The molecule has 0 unspecified atom stereocenters. The number of carbonyl (C=O) groups is 1. The normalized spacial score (nSPS) is 11.7. The summed E-state index contributed by atoms with van der Waals surface area (Å²) < 4.78 is 26.0. The predicted molar refractivity (Wildman–Crippen MR) is 114 cm³/mol. The standard InChI is InChI=1S/C23H21N3O3S/c1-15-3-4-16(2)22(11-15)30(28,29)20-8-5-17(6-9-20)7-10-21(27)18-12-19-14-25-26-23(19)24-13-18/h3-6,8-9,11-14H,7,10H2,1-2H3,(H,24,25,26). The molecule has 0 aliphatic carbocycles. The molecule has 0 spiro atoms. The van der Waals surface area contributed by atoms with Crippen molar-refractivity contribution < 1.29 is 13.2 Å². The lowest BCUT2D eigenvalue weighted by Crippen LogP contribution is -2.05. The molecule has 0 bridgehead atoms. The van der Waals surface area contributed by atoms with Crippen LogP contribution in [0.5, 0.6) is 0 Å². The van der Waals surface area contributed by atoms with Crippen LogP contribution in [-0.4, -0.2) is 29.4 Å². The molecule has 4 rings (SSSR count). The number of hydrogen-bond donors (Lipinski definition) is 1. The molecule has 2 aromatic carbocycles. The van der Waals surface area contributed by atoms with Gasteiger partial charge in [0, 0.05) is 23.6 Å². The van der Waals surface area contributed by atoms with Gasteiger partial charge in [-0.2, -0.15) is 5.10 Å². The topological polar surface area (TPSA) is 92.8 Å². The zero-order valence-electron chi connectivity index (χ0n) is 16.7. The van der Waals surface area contributed by atoms with Crippen LogP contribution in [0.1, 0.15) is 33.5 Å². The van der Waals surface area contributed by atoms with Crippen molar-refractivity contribution in [1.29, 1.82) is 0 Å². The average Bonchev–Trinajstić information content (AvgIpc) is 3.22. The number of H-pyrrole nitrogens is 1. The van der Waals surface area contributed by atoms with Gasteiger partial charge in [0.25, 0.3) is 0 Å². The molecule has 0 amide bonds. The van der Waals surface area contributed by atoms with Gasteiger partial charge in [0.2, 0.25) is 9.84 Å². The Bertz CT molecular complexity index is 1340. The molecule has 0 saturated carbocycles. The second-order valence-corrected chi connectivity index (χ2v) is 9.29. The number of ketones is 1. The molecule has 4 aromatic rings. The Morgan fingerprint density at radius 2 is 1.77 bits per heavy atom. The zero-order chi connectivity index (χ0) is 21.3. The highest BCUT2D eigenvalue weighted by Crippen LogP contribution is 2.25. The summed E-state index contributed by atoms with van der Waals surface area (Å²) in [5.41, 5.74) is 3.71. The summed E-state index contributed by atoms with van der Waals surface area (Å²) in [5.74, 6) is -0.0160. The number of aryl methyl sites for hydroxylation is 3. The Morgan fingerprint density at radius 1 is 1.00 bits per heavy atom. The van der Waals surface area contributed by atoms with Crippen LogP contribution < -0.4 is 0 Å². The van der Waals surface area contributed by atoms with Gasteiger partial charge in [-0.25, -0.2) is 13.4 Å². The van der Waals surface area contributed by atoms with Crippen LogP contribution in [0.3, 0.4) is 0 Å². The van der Waals surface area contributed by atoms with Gasteiger partial charge in [-0.1, -0.05) is 24.3 Å². The number of nitrogens with zero attached hydrogens (tertiary/aromatic N) is 2. The number of aromatic nitrogens is 3. The molecule has 6 nitrogen and oxygen atoms in total. The SMILES string of the molecule is Cc1ccc(C)c(S(=O)(=O)c2ccc(CCC(=O)c3cnc4[nH]ncc4c3)cc2)c1. The summed E-state index contributed by atoms with van der Waals surface area (Å²) in [6.07, 6.45) is 4.01. The number of carbonyl (C=O) groups excluding carboxylic acids is 1. The molecule has 152 valence electrons. The van der Waals surface area contributed by atoms with Crippen molar-refractivity contribution in [3.63, 3.8) is 0 Å². The third kappa shape index (κ3) is 3.89. The third-order valence-electron chi connectivity index (χ3n) is 5.12. The number of aromatic amines is 1. The molecule has 0 saturated heterocycles. The van der Waals surface area contributed by atoms with Gasteiger partial charge in [-0.3, -0.25) is 9.89 Å². The van der Waals surface area contributed by atoms with Gasteiger partial charge in [-0.05, 0) is 61.2 Å². The highest BCUT2D eigenvalue weighted by atomic mass is 32.2. The second-order valence-electron chi connectivity index (χ2n) is 7.37. The highest BCUT2D eigenvalue weighted by molar-refractivity contribution is 7.91. The number of hydrogen-bond acceptors (Lipinski definition) is 5. The largest absolute Gasteiger partial charge is 0.294 e. The summed E-state index contributed by atoms with van der Waals surface area (Å²) in [7, 11) is -3.58. The van der Waals surface area contributed by atoms with Crippen molar-refractivity contribution in [2.75, 3.05) is 0 Å². The highest BCUT2D eigenvalue weighted by Gasteiger charge is 2.20. The maximum Gasteiger partial charge on any atom is 0.206 e.